The third-order valence-electron chi connectivity index (χ3n) is 4.28. The molecule has 0 aliphatic rings. The predicted molar refractivity (Wildman–Crippen MR) is 109 cm³/mol. The molecule has 6 nitrogen and oxygen atoms in total. The number of aromatic nitrogens is 2. The third-order valence-corrected chi connectivity index (χ3v) is 4.52. The van der Waals surface area contributed by atoms with Gasteiger partial charge in [-0.2, -0.15) is 5.10 Å². The van der Waals surface area contributed by atoms with Crippen molar-refractivity contribution in [2.75, 3.05) is 6.54 Å². The average Bonchev–Trinajstić information content (AvgIpc) is 3.17. The SMILES string of the molecule is CCCC[C@@H](CC)CNC(=S)NNC(=O)c1cc(-c2ccccc2)n[nH]1. The Morgan fingerprint density at radius 3 is 2.69 bits per heavy atom. The van der Waals surface area contributed by atoms with Gasteiger partial charge in [-0.3, -0.25) is 20.7 Å². The number of H-pyrrole nitrogens is 1. The number of nitrogens with one attached hydrogen (secondary N) is 4. The van der Waals surface area contributed by atoms with E-state index >= 15 is 0 Å². The summed E-state index contributed by atoms with van der Waals surface area (Å²) in [5.74, 6) is 0.272. The lowest BCUT2D eigenvalue weighted by Crippen LogP contribution is -2.47. The van der Waals surface area contributed by atoms with Gasteiger partial charge in [-0.1, -0.05) is 63.4 Å². The van der Waals surface area contributed by atoms with Gasteiger partial charge in [-0.05, 0) is 30.6 Å². The van der Waals surface area contributed by atoms with E-state index in [0.717, 1.165) is 24.2 Å². The minimum absolute atomic E-state index is 0.318. The first-order chi connectivity index (χ1) is 12.6. The fraction of sp³-hybridized carbons (Fsp3) is 0.421. The molecule has 7 heteroatoms. The quantitative estimate of drug-likeness (QED) is 0.421. The molecule has 2 aromatic rings. The molecule has 1 aromatic carbocycles. The monoisotopic (exact) mass is 373 g/mol. The van der Waals surface area contributed by atoms with Gasteiger partial charge < -0.3 is 5.32 Å². The Bertz CT molecular complexity index is 701. The molecule has 1 amide bonds. The highest BCUT2D eigenvalue weighted by molar-refractivity contribution is 7.80. The molecular weight excluding hydrogens is 346 g/mol. The minimum atomic E-state index is -0.318. The van der Waals surface area contributed by atoms with Crippen LogP contribution in [0, 0.1) is 5.92 Å². The van der Waals surface area contributed by atoms with Crippen LogP contribution in [0.2, 0.25) is 0 Å². The molecule has 0 saturated carbocycles. The van der Waals surface area contributed by atoms with E-state index in [0.29, 0.717) is 16.7 Å². The van der Waals surface area contributed by atoms with Gasteiger partial charge in [-0.25, -0.2) is 0 Å². The van der Waals surface area contributed by atoms with Crippen LogP contribution in [-0.4, -0.2) is 27.8 Å². The van der Waals surface area contributed by atoms with E-state index in [9.17, 15) is 4.79 Å². The number of benzene rings is 1. The zero-order valence-corrected chi connectivity index (χ0v) is 16.2. The Hall–Kier alpha value is -2.41. The number of thiocarbonyl (C=S) groups is 1. The van der Waals surface area contributed by atoms with E-state index in [2.05, 4.69) is 40.2 Å². The molecule has 0 spiro atoms. The van der Waals surface area contributed by atoms with Crippen LogP contribution >= 0.6 is 12.2 Å². The predicted octanol–water partition coefficient (Wildman–Crippen LogP) is 3.40. The van der Waals surface area contributed by atoms with Crippen molar-refractivity contribution in [3.8, 4) is 11.3 Å². The number of rotatable bonds is 8. The summed E-state index contributed by atoms with van der Waals surface area (Å²) in [4.78, 5) is 12.2. The molecule has 4 N–H and O–H groups in total. The maximum absolute atomic E-state index is 12.2. The lowest BCUT2D eigenvalue weighted by molar-refractivity contribution is 0.0938. The Kier molecular flexibility index (Phi) is 8.08. The Morgan fingerprint density at radius 1 is 1.23 bits per heavy atom. The maximum atomic E-state index is 12.2. The van der Waals surface area contributed by atoms with Crippen LogP contribution in [0.25, 0.3) is 11.3 Å². The van der Waals surface area contributed by atoms with Crippen molar-refractivity contribution in [1.29, 1.82) is 0 Å². The van der Waals surface area contributed by atoms with Crippen LogP contribution in [0.5, 0.6) is 0 Å². The van der Waals surface area contributed by atoms with Crippen LogP contribution in [0.4, 0.5) is 0 Å². The number of amides is 1. The number of hydrogen-bond acceptors (Lipinski definition) is 3. The number of unbranched alkanes of at least 4 members (excludes halogenated alkanes) is 1. The van der Waals surface area contributed by atoms with Crippen molar-refractivity contribution in [3.05, 3.63) is 42.1 Å². The molecule has 0 aliphatic heterocycles. The van der Waals surface area contributed by atoms with Crippen LogP contribution in [0.3, 0.4) is 0 Å². The summed E-state index contributed by atoms with van der Waals surface area (Å²) in [5.41, 5.74) is 7.36. The topological polar surface area (TPSA) is 81.8 Å². The highest BCUT2D eigenvalue weighted by Gasteiger charge is 2.11. The van der Waals surface area contributed by atoms with Gasteiger partial charge in [0.05, 0.1) is 5.69 Å². The van der Waals surface area contributed by atoms with Crippen molar-refractivity contribution in [2.45, 2.75) is 39.5 Å². The third kappa shape index (κ3) is 6.15. The van der Waals surface area contributed by atoms with Crippen LogP contribution < -0.4 is 16.2 Å². The normalized spacial score (nSPS) is 11.6. The lowest BCUT2D eigenvalue weighted by Gasteiger charge is -2.17. The molecule has 140 valence electrons. The minimum Gasteiger partial charge on any atom is -0.361 e. The Morgan fingerprint density at radius 2 is 2.00 bits per heavy atom. The molecule has 0 unspecified atom stereocenters. The van der Waals surface area contributed by atoms with Crippen LogP contribution in [0.1, 0.15) is 50.0 Å². The zero-order chi connectivity index (χ0) is 18.8. The maximum Gasteiger partial charge on any atom is 0.287 e. The number of nitrogens with zero attached hydrogens (tertiary/aromatic N) is 1. The standard InChI is InChI=1S/C19H27N5OS/c1-3-5-9-14(4-2)13-20-19(26)24-23-18(25)17-12-16(21-22-17)15-10-7-6-8-11-15/h6-8,10-12,14H,3-5,9,13H2,1-2H3,(H,21,22)(H,23,25)(H2,20,24,26)/t14-/m1/s1. The zero-order valence-electron chi connectivity index (χ0n) is 15.3. The van der Waals surface area contributed by atoms with Crippen LogP contribution in [0.15, 0.2) is 36.4 Å². The molecule has 0 fully saturated rings. The van der Waals surface area contributed by atoms with Crippen molar-refractivity contribution in [2.24, 2.45) is 5.92 Å². The van der Waals surface area contributed by atoms with Gasteiger partial charge in [0, 0.05) is 12.1 Å². The highest BCUT2D eigenvalue weighted by Crippen LogP contribution is 2.16. The van der Waals surface area contributed by atoms with Gasteiger partial charge in [-0.15, -0.1) is 0 Å². The van der Waals surface area contributed by atoms with Crippen molar-refractivity contribution < 1.29 is 4.79 Å². The molecule has 0 bridgehead atoms. The summed E-state index contributed by atoms with van der Waals surface area (Å²) in [7, 11) is 0. The Labute approximate surface area is 160 Å². The first kappa shape index (κ1) is 19.9. The van der Waals surface area contributed by atoms with Crippen molar-refractivity contribution in [3.63, 3.8) is 0 Å². The van der Waals surface area contributed by atoms with E-state index < -0.39 is 0 Å². The van der Waals surface area contributed by atoms with E-state index in [1.165, 1.54) is 19.3 Å². The van der Waals surface area contributed by atoms with Gasteiger partial charge in [0.1, 0.15) is 5.69 Å². The summed E-state index contributed by atoms with van der Waals surface area (Å²) < 4.78 is 0. The molecule has 1 heterocycles. The summed E-state index contributed by atoms with van der Waals surface area (Å²) in [6.07, 6.45) is 4.72. The summed E-state index contributed by atoms with van der Waals surface area (Å²) in [6.45, 7) is 5.18. The second kappa shape index (κ2) is 10.6. The number of hydrogen-bond donors (Lipinski definition) is 4. The summed E-state index contributed by atoms with van der Waals surface area (Å²) >= 11 is 5.22. The molecule has 2 rings (SSSR count). The fourth-order valence-electron chi connectivity index (χ4n) is 2.60. The molecule has 0 aliphatic carbocycles. The molecule has 26 heavy (non-hydrogen) atoms. The fourth-order valence-corrected chi connectivity index (χ4v) is 2.73. The Balaban J connectivity index is 1.78. The number of carbonyl (C=O) groups is 1. The van der Waals surface area contributed by atoms with Gasteiger partial charge >= 0.3 is 0 Å². The van der Waals surface area contributed by atoms with E-state index in [1.807, 2.05) is 30.3 Å². The lowest BCUT2D eigenvalue weighted by atomic mass is 9.99. The van der Waals surface area contributed by atoms with Crippen molar-refractivity contribution >= 4 is 23.2 Å². The van der Waals surface area contributed by atoms with Gasteiger partial charge in [0.25, 0.3) is 5.91 Å². The molecule has 0 radical (unpaired) electrons. The molecule has 1 aromatic heterocycles. The average molecular weight is 374 g/mol. The first-order valence-corrected chi connectivity index (χ1v) is 9.49. The molecule has 0 saturated heterocycles. The van der Waals surface area contributed by atoms with E-state index in [1.54, 1.807) is 6.07 Å². The highest BCUT2D eigenvalue weighted by atomic mass is 32.1. The summed E-state index contributed by atoms with van der Waals surface area (Å²) in [5, 5.41) is 10.5. The molecule has 1 atom stereocenters. The van der Waals surface area contributed by atoms with E-state index in [4.69, 9.17) is 12.2 Å². The second-order valence-corrected chi connectivity index (χ2v) is 6.65. The second-order valence-electron chi connectivity index (χ2n) is 6.24. The van der Waals surface area contributed by atoms with Gasteiger partial charge in [0.2, 0.25) is 0 Å². The molecular formula is C19H27N5OS. The number of carbonyl (C=O) groups excluding carboxylic acids is 1. The number of aromatic amines is 1. The van der Waals surface area contributed by atoms with Crippen molar-refractivity contribution in [1.82, 2.24) is 26.4 Å². The largest absolute Gasteiger partial charge is 0.361 e. The smallest absolute Gasteiger partial charge is 0.287 e. The van der Waals surface area contributed by atoms with Gasteiger partial charge in [0.15, 0.2) is 5.11 Å². The van der Waals surface area contributed by atoms with E-state index in [-0.39, 0.29) is 5.91 Å². The number of hydrazine groups is 1. The summed E-state index contributed by atoms with van der Waals surface area (Å²) in [6, 6.07) is 11.4. The van der Waals surface area contributed by atoms with Crippen LogP contribution in [-0.2, 0) is 0 Å². The first-order valence-electron chi connectivity index (χ1n) is 9.09.